The van der Waals surface area contributed by atoms with Crippen LogP contribution in [-0.4, -0.2) is 29.9 Å². The summed E-state index contributed by atoms with van der Waals surface area (Å²) in [5.74, 6) is 0. The summed E-state index contributed by atoms with van der Waals surface area (Å²) >= 11 is 6.00. The number of aliphatic hydroxyl groups is 2. The third-order valence-electron chi connectivity index (χ3n) is 2.55. The van der Waals surface area contributed by atoms with Gasteiger partial charge in [-0.15, -0.1) is 0 Å². The van der Waals surface area contributed by atoms with Crippen LogP contribution in [0.2, 0.25) is 5.02 Å². The molecule has 1 rings (SSSR count). The molecule has 0 saturated carbocycles. The molecule has 0 aliphatic heterocycles. The van der Waals surface area contributed by atoms with Crippen molar-refractivity contribution in [3.05, 3.63) is 28.8 Å². The molecule has 1 unspecified atom stereocenters. The monoisotopic (exact) mass is 243 g/mol. The first kappa shape index (κ1) is 13.3. The first-order valence-electron chi connectivity index (χ1n) is 5.33. The van der Waals surface area contributed by atoms with Gasteiger partial charge in [-0.25, -0.2) is 0 Å². The lowest BCUT2D eigenvalue weighted by Crippen LogP contribution is -2.23. The largest absolute Gasteiger partial charge is 0.393 e. The number of hydrogen-bond acceptors (Lipinski definition) is 3. The number of rotatable bonds is 5. The van der Waals surface area contributed by atoms with Gasteiger partial charge in [-0.2, -0.15) is 0 Å². The van der Waals surface area contributed by atoms with Crippen LogP contribution in [0.5, 0.6) is 0 Å². The first-order valence-corrected chi connectivity index (χ1v) is 5.71. The molecule has 0 aromatic heterocycles. The van der Waals surface area contributed by atoms with Crippen LogP contribution in [0.15, 0.2) is 18.2 Å². The average molecular weight is 244 g/mol. The van der Waals surface area contributed by atoms with Gasteiger partial charge in [-0.3, -0.25) is 0 Å². The second kappa shape index (κ2) is 6.09. The maximum atomic E-state index is 9.27. The van der Waals surface area contributed by atoms with Crippen molar-refractivity contribution >= 4 is 17.3 Å². The summed E-state index contributed by atoms with van der Waals surface area (Å²) in [6, 6.07) is 5.54. The Morgan fingerprint density at radius 2 is 2.12 bits per heavy atom. The highest BCUT2D eigenvalue weighted by Gasteiger charge is 2.10. The highest BCUT2D eigenvalue weighted by molar-refractivity contribution is 6.31. The number of halogens is 1. The van der Waals surface area contributed by atoms with Crippen molar-refractivity contribution in [1.82, 2.24) is 0 Å². The van der Waals surface area contributed by atoms with Gasteiger partial charge in [-0.05, 0) is 25.5 Å². The fourth-order valence-corrected chi connectivity index (χ4v) is 1.79. The summed E-state index contributed by atoms with van der Waals surface area (Å²) < 4.78 is 0. The normalized spacial score (nSPS) is 12.6. The molecular formula is C12H18ClNO2. The Bertz CT molecular complexity index is 342. The van der Waals surface area contributed by atoms with Crippen LogP contribution in [0, 0.1) is 0 Å². The van der Waals surface area contributed by atoms with E-state index in [1.54, 1.807) is 13.0 Å². The van der Waals surface area contributed by atoms with Crippen LogP contribution in [-0.2, 0) is 6.61 Å². The van der Waals surface area contributed by atoms with Crippen molar-refractivity contribution in [1.29, 1.82) is 0 Å². The molecule has 4 heteroatoms. The summed E-state index contributed by atoms with van der Waals surface area (Å²) in [6.07, 6.45) is 0.368. The third-order valence-corrected chi connectivity index (χ3v) is 2.90. The van der Waals surface area contributed by atoms with Gasteiger partial charge in [-0.1, -0.05) is 17.7 Å². The summed E-state index contributed by atoms with van der Waals surface area (Å²) in [5, 5.41) is 19.1. The Labute approximate surface area is 101 Å². The van der Waals surface area contributed by atoms with E-state index < -0.39 is 0 Å². The zero-order valence-corrected chi connectivity index (χ0v) is 10.4. The quantitative estimate of drug-likeness (QED) is 0.832. The van der Waals surface area contributed by atoms with Gasteiger partial charge in [0.1, 0.15) is 0 Å². The summed E-state index contributed by atoms with van der Waals surface area (Å²) in [6.45, 7) is 2.41. The van der Waals surface area contributed by atoms with Gasteiger partial charge in [0.25, 0.3) is 0 Å². The molecule has 0 spiro atoms. The van der Waals surface area contributed by atoms with Crippen LogP contribution in [0.25, 0.3) is 0 Å². The summed E-state index contributed by atoms with van der Waals surface area (Å²) in [5.41, 5.74) is 1.65. The maximum Gasteiger partial charge on any atom is 0.0716 e. The van der Waals surface area contributed by atoms with E-state index in [-0.39, 0.29) is 12.7 Å². The number of benzene rings is 1. The molecular weight excluding hydrogens is 226 g/mol. The van der Waals surface area contributed by atoms with Gasteiger partial charge >= 0.3 is 0 Å². The standard InChI is InChI=1S/C12H18ClNO2/c1-9(16)6-7-14(2)12-5-3-4-11(13)10(12)8-15/h3-5,9,15-16H,6-8H2,1-2H3. The smallest absolute Gasteiger partial charge is 0.0716 e. The molecule has 0 saturated heterocycles. The van der Waals surface area contributed by atoms with Crippen LogP contribution in [0.3, 0.4) is 0 Å². The van der Waals surface area contributed by atoms with E-state index >= 15 is 0 Å². The van der Waals surface area contributed by atoms with Gasteiger partial charge in [0.2, 0.25) is 0 Å². The van der Waals surface area contributed by atoms with E-state index in [0.717, 1.165) is 17.8 Å². The fraction of sp³-hybridized carbons (Fsp3) is 0.500. The number of aliphatic hydroxyl groups excluding tert-OH is 2. The molecule has 3 nitrogen and oxygen atoms in total. The van der Waals surface area contributed by atoms with Crippen LogP contribution in [0.1, 0.15) is 18.9 Å². The molecule has 0 fully saturated rings. The molecule has 0 amide bonds. The summed E-state index contributed by atoms with van der Waals surface area (Å²) in [4.78, 5) is 1.99. The Kier molecular flexibility index (Phi) is 5.06. The third kappa shape index (κ3) is 3.37. The van der Waals surface area contributed by atoms with Crippen LogP contribution >= 0.6 is 11.6 Å². The Morgan fingerprint density at radius 3 is 2.69 bits per heavy atom. The Hall–Kier alpha value is -0.770. The van der Waals surface area contributed by atoms with Crippen molar-refractivity contribution < 1.29 is 10.2 Å². The van der Waals surface area contributed by atoms with Crippen LogP contribution < -0.4 is 4.90 Å². The number of nitrogens with zero attached hydrogens (tertiary/aromatic N) is 1. The number of hydrogen-bond donors (Lipinski definition) is 2. The molecule has 1 aromatic carbocycles. The molecule has 0 bridgehead atoms. The molecule has 16 heavy (non-hydrogen) atoms. The Morgan fingerprint density at radius 1 is 1.44 bits per heavy atom. The van der Waals surface area contributed by atoms with E-state index in [1.165, 1.54) is 0 Å². The minimum absolute atomic E-state index is 0.0754. The van der Waals surface area contributed by atoms with Gasteiger partial charge in [0.05, 0.1) is 12.7 Å². The van der Waals surface area contributed by atoms with E-state index in [2.05, 4.69) is 0 Å². The highest BCUT2D eigenvalue weighted by Crippen LogP contribution is 2.26. The predicted molar refractivity (Wildman–Crippen MR) is 66.9 cm³/mol. The van der Waals surface area contributed by atoms with Gasteiger partial charge in [0, 0.05) is 29.9 Å². The zero-order valence-electron chi connectivity index (χ0n) is 9.65. The first-order chi connectivity index (χ1) is 7.56. The topological polar surface area (TPSA) is 43.7 Å². The van der Waals surface area contributed by atoms with Crippen molar-refractivity contribution in [2.75, 3.05) is 18.5 Å². The maximum absolute atomic E-state index is 9.27. The van der Waals surface area contributed by atoms with Crippen molar-refractivity contribution in [3.8, 4) is 0 Å². The zero-order chi connectivity index (χ0) is 12.1. The van der Waals surface area contributed by atoms with E-state index in [9.17, 15) is 10.2 Å². The number of anilines is 1. The summed E-state index contributed by atoms with van der Waals surface area (Å²) in [7, 11) is 1.92. The van der Waals surface area contributed by atoms with Crippen molar-refractivity contribution in [3.63, 3.8) is 0 Å². The SMILES string of the molecule is CC(O)CCN(C)c1cccc(Cl)c1CO. The molecule has 0 radical (unpaired) electrons. The van der Waals surface area contributed by atoms with Crippen LogP contribution in [0.4, 0.5) is 5.69 Å². The van der Waals surface area contributed by atoms with E-state index in [0.29, 0.717) is 11.4 Å². The van der Waals surface area contributed by atoms with E-state index in [1.807, 2.05) is 24.1 Å². The molecule has 2 N–H and O–H groups in total. The molecule has 90 valence electrons. The molecule has 1 aromatic rings. The van der Waals surface area contributed by atoms with Crippen molar-refractivity contribution in [2.45, 2.75) is 26.1 Å². The lowest BCUT2D eigenvalue weighted by atomic mass is 10.1. The highest BCUT2D eigenvalue weighted by atomic mass is 35.5. The van der Waals surface area contributed by atoms with E-state index in [4.69, 9.17) is 11.6 Å². The minimum atomic E-state index is -0.320. The van der Waals surface area contributed by atoms with Crippen molar-refractivity contribution in [2.24, 2.45) is 0 Å². The molecule has 0 aliphatic rings. The average Bonchev–Trinajstić information content (AvgIpc) is 2.25. The minimum Gasteiger partial charge on any atom is -0.393 e. The molecule has 0 heterocycles. The van der Waals surface area contributed by atoms with Gasteiger partial charge in [0.15, 0.2) is 0 Å². The second-order valence-corrected chi connectivity index (χ2v) is 4.36. The fourth-order valence-electron chi connectivity index (χ4n) is 1.56. The lowest BCUT2D eigenvalue weighted by molar-refractivity contribution is 0.187. The predicted octanol–water partition coefficient (Wildman–Crippen LogP) is 2.04. The Balaban J connectivity index is 2.82. The second-order valence-electron chi connectivity index (χ2n) is 3.95. The molecule has 0 aliphatic carbocycles. The molecule has 1 atom stereocenters. The lowest BCUT2D eigenvalue weighted by Gasteiger charge is -2.23. The van der Waals surface area contributed by atoms with Gasteiger partial charge < -0.3 is 15.1 Å².